The van der Waals surface area contributed by atoms with E-state index in [2.05, 4.69) is 19.0 Å². The van der Waals surface area contributed by atoms with E-state index in [9.17, 15) is 0 Å². The van der Waals surface area contributed by atoms with Crippen LogP contribution in [0.4, 0.5) is 0 Å². The van der Waals surface area contributed by atoms with Crippen LogP contribution in [0.25, 0.3) is 0 Å². The second kappa shape index (κ2) is 9.54. The van der Waals surface area contributed by atoms with E-state index >= 15 is 0 Å². The standard InChI is InChI=1S/C12H20N2O.2ClH/c1-14(2)9-8-12(13)10-4-6-11(15-3)7-5-10;;/h4-7,12H,8-9,13H2,1-3H3;2*1H. The zero-order chi connectivity index (χ0) is 11.3. The monoisotopic (exact) mass is 280 g/mol. The molecule has 1 rings (SSSR count). The van der Waals surface area contributed by atoms with Gasteiger partial charge in [-0.05, 0) is 44.8 Å². The molecule has 5 heteroatoms. The molecule has 1 atom stereocenters. The molecule has 0 saturated carbocycles. The summed E-state index contributed by atoms with van der Waals surface area (Å²) < 4.78 is 5.10. The van der Waals surface area contributed by atoms with Crippen molar-refractivity contribution in [1.29, 1.82) is 0 Å². The third kappa shape index (κ3) is 6.74. The van der Waals surface area contributed by atoms with Gasteiger partial charge in [0.2, 0.25) is 0 Å². The minimum Gasteiger partial charge on any atom is -0.497 e. The quantitative estimate of drug-likeness (QED) is 0.901. The Balaban J connectivity index is 0. The molecule has 0 fully saturated rings. The first-order valence-corrected chi connectivity index (χ1v) is 5.17. The Morgan fingerprint density at radius 2 is 1.71 bits per heavy atom. The lowest BCUT2D eigenvalue weighted by molar-refractivity contribution is 0.382. The Kier molecular flexibility index (Phi) is 10.6. The van der Waals surface area contributed by atoms with Gasteiger partial charge in [0.1, 0.15) is 5.75 Å². The highest BCUT2D eigenvalue weighted by Crippen LogP contribution is 2.18. The van der Waals surface area contributed by atoms with E-state index < -0.39 is 0 Å². The molecule has 0 spiro atoms. The predicted octanol–water partition coefficient (Wildman–Crippen LogP) is 2.49. The highest BCUT2D eigenvalue weighted by Gasteiger charge is 2.06. The van der Waals surface area contributed by atoms with Gasteiger partial charge in [-0.1, -0.05) is 12.1 Å². The van der Waals surface area contributed by atoms with Gasteiger partial charge in [-0.15, -0.1) is 24.8 Å². The normalized spacial score (nSPS) is 11.4. The first kappa shape index (κ1) is 18.9. The fraction of sp³-hybridized carbons (Fsp3) is 0.500. The molecule has 0 heterocycles. The summed E-state index contributed by atoms with van der Waals surface area (Å²) in [7, 11) is 5.78. The van der Waals surface area contributed by atoms with Crippen molar-refractivity contribution in [2.45, 2.75) is 12.5 Å². The zero-order valence-corrected chi connectivity index (χ0v) is 12.2. The first-order chi connectivity index (χ1) is 7.13. The van der Waals surface area contributed by atoms with Crippen LogP contribution < -0.4 is 10.5 Å². The Labute approximate surface area is 116 Å². The van der Waals surface area contributed by atoms with Crippen LogP contribution in [0.1, 0.15) is 18.0 Å². The molecular weight excluding hydrogens is 259 g/mol. The van der Waals surface area contributed by atoms with Crippen molar-refractivity contribution >= 4 is 24.8 Å². The van der Waals surface area contributed by atoms with Crippen LogP contribution in [-0.4, -0.2) is 32.6 Å². The molecule has 3 nitrogen and oxygen atoms in total. The van der Waals surface area contributed by atoms with Gasteiger partial charge in [-0.25, -0.2) is 0 Å². The van der Waals surface area contributed by atoms with E-state index in [0.29, 0.717) is 0 Å². The molecule has 1 aromatic rings. The summed E-state index contributed by atoms with van der Waals surface area (Å²) in [5.41, 5.74) is 7.23. The lowest BCUT2D eigenvalue weighted by Gasteiger charge is -2.15. The van der Waals surface area contributed by atoms with Gasteiger partial charge in [-0.3, -0.25) is 0 Å². The maximum absolute atomic E-state index is 6.07. The second-order valence-corrected chi connectivity index (χ2v) is 3.97. The molecule has 0 radical (unpaired) electrons. The number of rotatable bonds is 5. The smallest absolute Gasteiger partial charge is 0.118 e. The van der Waals surface area contributed by atoms with Crippen molar-refractivity contribution in [1.82, 2.24) is 4.90 Å². The number of methoxy groups -OCH3 is 1. The van der Waals surface area contributed by atoms with Gasteiger partial charge in [0.05, 0.1) is 7.11 Å². The van der Waals surface area contributed by atoms with E-state index in [0.717, 1.165) is 24.3 Å². The Hall–Kier alpha value is -0.480. The van der Waals surface area contributed by atoms with Gasteiger partial charge >= 0.3 is 0 Å². The molecule has 2 N–H and O–H groups in total. The molecule has 0 saturated heterocycles. The third-order valence-corrected chi connectivity index (χ3v) is 2.43. The van der Waals surface area contributed by atoms with Gasteiger partial charge < -0.3 is 15.4 Å². The van der Waals surface area contributed by atoms with Crippen LogP contribution >= 0.6 is 24.8 Å². The van der Waals surface area contributed by atoms with Crippen LogP contribution in [-0.2, 0) is 0 Å². The number of ether oxygens (including phenoxy) is 1. The van der Waals surface area contributed by atoms with E-state index in [1.807, 2.05) is 24.3 Å². The second-order valence-electron chi connectivity index (χ2n) is 3.97. The Bertz CT molecular complexity index is 291. The lowest BCUT2D eigenvalue weighted by atomic mass is 10.0. The molecule has 0 aliphatic carbocycles. The molecule has 0 aliphatic heterocycles. The summed E-state index contributed by atoms with van der Waals surface area (Å²) in [4.78, 5) is 2.14. The molecule has 17 heavy (non-hydrogen) atoms. The molecular formula is C12H22Cl2N2O. The average Bonchev–Trinajstić information content (AvgIpc) is 2.26. The topological polar surface area (TPSA) is 38.5 Å². The number of hydrogen-bond donors (Lipinski definition) is 1. The van der Waals surface area contributed by atoms with Crippen molar-refractivity contribution in [3.05, 3.63) is 29.8 Å². The molecule has 0 amide bonds. The fourth-order valence-corrected chi connectivity index (χ4v) is 1.42. The van der Waals surface area contributed by atoms with E-state index in [1.165, 1.54) is 0 Å². The number of benzene rings is 1. The molecule has 100 valence electrons. The minimum atomic E-state index is 0. The lowest BCUT2D eigenvalue weighted by Crippen LogP contribution is -2.20. The number of halogens is 2. The van der Waals surface area contributed by atoms with E-state index in [-0.39, 0.29) is 30.9 Å². The summed E-state index contributed by atoms with van der Waals surface area (Å²) in [6.07, 6.45) is 0.972. The Morgan fingerprint density at radius 1 is 1.18 bits per heavy atom. The molecule has 0 bridgehead atoms. The van der Waals surface area contributed by atoms with Gasteiger partial charge in [0.15, 0.2) is 0 Å². The maximum Gasteiger partial charge on any atom is 0.118 e. The number of nitrogens with zero attached hydrogens (tertiary/aromatic N) is 1. The summed E-state index contributed by atoms with van der Waals surface area (Å²) in [6, 6.07) is 8.06. The average molecular weight is 281 g/mol. The predicted molar refractivity (Wildman–Crippen MR) is 77.6 cm³/mol. The van der Waals surface area contributed by atoms with Crippen LogP contribution in [0.5, 0.6) is 5.75 Å². The number of nitrogens with two attached hydrogens (primary N) is 1. The van der Waals surface area contributed by atoms with E-state index in [1.54, 1.807) is 7.11 Å². The van der Waals surface area contributed by atoms with Crippen molar-refractivity contribution in [2.75, 3.05) is 27.7 Å². The van der Waals surface area contributed by atoms with Crippen molar-refractivity contribution in [3.63, 3.8) is 0 Å². The van der Waals surface area contributed by atoms with E-state index in [4.69, 9.17) is 10.5 Å². The summed E-state index contributed by atoms with van der Waals surface area (Å²) in [5.74, 6) is 0.874. The summed E-state index contributed by atoms with van der Waals surface area (Å²) >= 11 is 0. The minimum absolute atomic E-state index is 0. The van der Waals surface area contributed by atoms with Gasteiger partial charge in [-0.2, -0.15) is 0 Å². The van der Waals surface area contributed by atoms with Crippen LogP contribution in [0.3, 0.4) is 0 Å². The largest absolute Gasteiger partial charge is 0.497 e. The maximum atomic E-state index is 6.07. The SMILES string of the molecule is COc1ccc(C(N)CCN(C)C)cc1.Cl.Cl. The summed E-state index contributed by atoms with van der Waals surface area (Å²) in [6.45, 7) is 1.01. The van der Waals surface area contributed by atoms with Crippen LogP contribution in [0.15, 0.2) is 24.3 Å². The van der Waals surface area contributed by atoms with Crippen molar-refractivity contribution in [2.24, 2.45) is 5.73 Å². The highest BCUT2D eigenvalue weighted by atomic mass is 35.5. The van der Waals surface area contributed by atoms with Gasteiger partial charge in [0, 0.05) is 6.04 Å². The van der Waals surface area contributed by atoms with Crippen molar-refractivity contribution in [3.8, 4) is 5.75 Å². The fourth-order valence-electron chi connectivity index (χ4n) is 1.42. The molecule has 0 aliphatic rings. The molecule has 1 aromatic carbocycles. The Morgan fingerprint density at radius 3 is 2.12 bits per heavy atom. The zero-order valence-electron chi connectivity index (χ0n) is 10.6. The molecule has 1 unspecified atom stereocenters. The van der Waals surface area contributed by atoms with Gasteiger partial charge in [0.25, 0.3) is 0 Å². The third-order valence-electron chi connectivity index (χ3n) is 2.43. The van der Waals surface area contributed by atoms with Crippen LogP contribution in [0.2, 0.25) is 0 Å². The first-order valence-electron chi connectivity index (χ1n) is 5.17. The highest BCUT2D eigenvalue weighted by molar-refractivity contribution is 5.85. The molecule has 0 aromatic heterocycles. The van der Waals surface area contributed by atoms with Crippen molar-refractivity contribution < 1.29 is 4.74 Å². The number of hydrogen-bond acceptors (Lipinski definition) is 3. The van der Waals surface area contributed by atoms with Crippen LogP contribution in [0, 0.1) is 0 Å². The summed E-state index contributed by atoms with van der Waals surface area (Å²) in [5, 5.41) is 0.